The van der Waals surface area contributed by atoms with Crippen LogP contribution in [-0.2, 0) is 9.59 Å². The quantitative estimate of drug-likeness (QED) is 0.417. The van der Waals surface area contributed by atoms with E-state index in [9.17, 15) is 19.5 Å². The number of ether oxygens (including phenoxy) is 2. The van der Waals surface area contributed by atoms with E-state index in [0.29, 0.717) is 41.3 Å². The number of carbonyl (C=O) groups excluding carboxylic acids is 2. The van der Waals surface area contributed by atoms with E-state index in [4.69, 9.17) is 19.4 Å². The number of aryl methyl sites for hydroxylation is 1. The molecule has 3 aromatic rings. The highest BCUT2D eigenvalue weighted by Crippen LogP contribution is 2.45. The fourth-order valence-corrected chi connectivity index (χ4v) is 6.27. The van der Waals surface area contributed by atoms with Crippen molar-refractivity contribution in [2.75, 3.05) is 27.2 Å². The predicted octanol–water partition coefficient (Wildman–Crippen LogP) is 4.19. The van der Waals surface area contributed by atoms with E-state index >= 15 is 0 Å². The average molecular weight is 600 g/mol. The number of nitrogens with zero attached hydrogens (tertiary/aromatic N) is 4. The van der Waals surface area contributed by atoms with Gasteiger partial charge in [-0.3, -0.25) is 4.79 Å². The monoisotopic (exact) mass is 599 g/mol. The van der Waals surface area contributed by atoms with Crippen molar-refractivity contribution < 1.29 is 29.0 Å². The minimum absolute atomic E-state index is 0.145. The number of nitrogens with one attached hydrogen (secondary N) is 1. The van der Waals surface area contributed by atoms with Gasteiger partial charge in [0, 0.05) is 37.1 Å². The SMILES string of the molecule is COc1ccc2c(OC3CC4C(=O)NC5(C(=O)O)CC5/C=C/CCCCN(C)C(=O)N4C3)nc(-c3ccccc3)nc2c1C. The molecular weight excluding hydrogens is 562 g/mol. The zero-order valence-corrected chi connectivity index (χ0v) is 25.2. The van der Waals surface area contributed by atoms with Crippen molar-refractivity contribution in [3.8, 4) is 23.0 Å². The molecule has 230 valence electrons. The molecule has 1 aliphatic carbocycles. The van der Waals surface area contributed by atoms with Crippen LogP contribution in [0.15, 0.2) is 54.6 Å². The van der Waals surface area contributed by atoms with E-state index in [0.717, 1.165) is 30.4 Å². The second-order valence-electron chi connectivity index (χ2n) is 11.9. The topological polar surface area (TPSA) is 134 Å². The number of aliphatic carboxylic acids is 1. The number of fused-ring (bicyclic) bond motifs is 3. The molecule has 4 atom stereocenters. The summed E-state index contributed by atoms with van der Waals surface area (Å²) >= 11 is 0. The van der Waals surface area contributed by atoms with Crippen LogP contribution < -0.4 is 14.8 Å². The second kappa shape index (κ2) is 11.8. The summed E-state index contributed by atoms with van der Waals surface area (Å²) in [5.74, 6) is -0.344. The Balaban J connectivity index is 1.34. The van der Waals surface area contributed by atoms with Crippen molar-refractivity contribution in [3.05, 3.63) is 60.2 Å². The highest BCUT2D eigenvalue weighted by atomic mass is 16.5. The molecule has 4 unspecified atom stereocenters. The molecule has 0 bridgehead atoms. The van der Waals surface area contributed by atoms with E-state index in [-0.39, 0.29) is 24.9 Å². The van der Waals surface area contributed by atoms with Crippen LogP contribution in [0.4, 0.5) is 4.79 Å². The number of hydrogen-bond acceptors (Lipinski definition) is 7. The molecule has 3 heterocycles. The van der Waals surface area contributed by atoms with Gasteiger partial charge in [0.15, 0.2) is 5.82 Å². The van der Waals surface area contributed by atoms with Crippen LogP contribution in [-0.4, -0.2) is 87.7 Å². The summed E-state index contributed by atoms with van der Waals surface area (Å²) in [4.78, 5) is 52.4. The molecule has 11 heteroatoms. The van der Waals surface area contributed by atoms with Crippen LogP contribution in [0.25, 0.3) is 22.3 Å². The highest BCUT2D eigenvalue weighted by molar-refractivity contribution is 5.95. The Hall–Kier alpha value is -4.67. The Morgan fingerprint density at radius 2 is 1.91 bits per heavy atom. The normalized spacial score (nSPS) is 26.3. The molecule has 1 aromatic heterocycles. The lowest BCUT2D eigenvalue weighted by atomic mass is 10.1. The molecule has 11 nitrogen and oxygen atoms in total. The number of benzene rings is 2. The summed E-state index contributed by atoms with van der Waals surface area (Å²) in [5.41, 5.74) is 0.963. The largest absolute Gasteiger partial charge is 0.496 e. The first-order valence-electron chi connectivity index (χ1n) is 15.0. The number of amides is 3. The summed E-state index contributed by atoms with van der Waals surface area (Å²) in [6, 6.07) is 12.1. The summed E-state index contributed by atoms with van der Waals surface area (Å²) in [6.07, 6.45) is 6.27. The summed E-state index contributed by atoms with van der Waals surface area (Å²) in [7, 11) is 3.33. The molecule has 2 aromatic carbocycles. The first-order chi connectivity index (χ1) is 21.2. The van der Waals surface area contributed by atoms with Gasteiger partial charge in [-0.05, 0) is 44.7 Å². The number of rotatable bonds is 5. The lowest BCUT2D eigenvalue weighted by Gasteiger charge is -2.29. The van der Waals surface area contributed by atoms with Crippen LogP contribution >= 0.6 is 0 Å². The zero-order valence-electron chi connectivity index (χ0n) is 25.2. The minimum atomic E-state index is -1.36. The van der Waals surface area contributed by atoms with Crippen molar-refractivity contribution in [2.24, 2.45) is 5.92 Å². The van der Waals surface area contributed by atoms with Crippen molar-refractivity contribution in [1.82, 2.24) is 25.1 Å². The van der Waals surface area contributed by atoms with Gasteiger partial charge in [-0.2, -0.15) is 4.98 Å². The Bertz CT molecular complexity index is 1630. The zero-order chi connectivity index (χ0) is 31.0. The first kappa shape index (κ1) is 29.4. The average Bonchev–Trinajstić information content (AvgIpc) is 3.56. The van der Waals surface area contributed by atoms with Gasteiger partial charge in [-0.25, -0.2) is 14.6 Å². The molecule has 0 radical (unpaired) electrons. The fraction of sp³-hybridized carbons (Fsp3) is 0.424. The van der Waals surface area contributed by atoms with Gasteiger partial charge in [0.2, 0.25) is 11.8 Å². The third-order valence-corrected chi connectivity index (χ3v) is 8.93. The third-order valence-electron chi connectivity index (χ3n) is 8.93. The Kier molecular flexibility index (Phi) is 7.87. The Morgan fingerprint density at radius 1 is 1.11 bits per heavy atom. The fourth-order valence-electron chi connectivity index (χ4n) is 6.27. The molecule has 2 aliphatic heterocycles. The summed E-state index contributed by atoms with van der Waals surface area (Å²) < 4.78 is 12.1. The van der Waals surface area contributed by atoms with E-state index in [1.807, 2.05) is 61.5 Å². The van der Waals surface area contributed by atoms with Gasteiger partial charge >= 0.3 is 12.0 Å². The number of aromatic nitrogens is 2. The number of urea groups is 1. The number of carboxylic acid groups (broad SMARTS) is 1. The standard InChI is InChI=1S/C33H37N5O6/c1-20-26(43-3)15-14-24-27(20)34-28(21-11-7-6-8-12-21)35-30(24)44-23-17-25-29(39)36-33(31(40)41)18-22(33)13-9-4-5-10-16-37(2)32(42)38(25)19-23/h6-9,11-15,22-23,25H,4-5,10,16-19H2,1-3H3,(H,36,39)(H,40,41)/b13-9+. The second-order valence-corrected chi connectivity index (χ2v) is 11.9. The van der Waals surface area contributed by atoms with Crippen molar-refractivity contribution in [2.45, 2.75) is 56.7 Å². The molecule has 44 heavy (non-hydrogen) atoms. The van der Waals surface area contributed by atoms with E-state index in [1.54, 1.807) is 19.1 Å². The molecule has 3 aliphatic rings. The van der Waals surface area contributed by atoms with Gasteiger partial charge in [0.25, 0.3) is 0 Å². The van der Waals surface area contributed by atoms with Crippen LogP contribution in [0.3, 0.4) is 0 Å². The van der Waals surface area contributed by atoms with Gasteiger partial charge in [-0.15, -0.1) is 0 Å². The number of carbonyl (C=O) groups is 3. The molecular formula is C33H37N5O6. The van der Waals surface area contributed by atoms with Gasteiger partial charge in [0.05, 0.1) is 24.6 Å². The summed E-state index contributed by atoms with van der Waals surface area (Å²) in [6.45, 7) is 2.62. The highest BCUT2D eigenvalue weighted by Gasteiger charge is 2.61. The number of allylic oxidation sites excluding steroid dienone is 1. The van der Waals surface area contributed by atoms with Gasteiger partial charge in [-0.1, -0.05) is 42.5 Å². The number of carboxylic acids is 1. The number of hydrogen-bond donors (Lipinski definition) is 2. The molecule has 1 saturated heterocycles. The van der Waals surface area contributed by atoms with Gasteiger partial charge < -0.3 is 29.7 Å². The van der Waals surface area contributed by atoms with Crippen LogP contribution in [0.1, 0.15) is 37.7 Å². The lowest BCUT2D eigenvalue weighted by Crippen LogP contribution is -2.54. The first-order valence-corrected chi connectivity index (χ1v) is 15.0. The molecule has 1 saturated carbocycles. The Labute approximate surface area is 255 Å². The Morgan fingerprint density at radius 3 is 2.66 bits per heavy atom. The predicted molar refractivity (Wildman–Crippen MR) is 163 cm³/mol. The van der Waals surface area contributed by atoms with Crippen LogP contribution in [0.2, 0.25) is 0 Å². The van der Waals surface area contributed by atoms with E-state index < -0.39 is 29.6 Å². The minimum Gasteiger partial charge on any atom is -0.496 e. The van der Waals surface area contributed by atoms with Gasteiger partial charge in [0.1, 0.15) is 23.4 Å². The van der Waals surface area contributed by atoms with Crippen molar-refractivity contribution >= 4 is 28.8 Å². The van der Waals surface area contributed by atoms with Crippen LogP contribution in [0.5, 0.6) is 11.6 Å². The van der Waals surface area contributed by atoms with Crippen molar-refractivity contribution in [3.63, 3.8) is 0 Å². The molecule has 3 amide bonds. The third kappa shape index (κ3) is 5.42. The van der Waals surface area contributed by atoms with E-state index in [2.05, 4.69) is 5.32 Å². The molecule has 6 rings (SSSR count). The summed E-state index contributed by atoms with van der Waals surface area (Å²) in [5, 5.41) is 13.5. The molecule has 0 spiro atoms. The number of methoxy groups -OCH3 is 1. The van der Waals surface area contributed by atoms with Crippen LogP contribution in [0, 0.1) is 12.8 Å². The molecule has 2 fully saturated rings. The lowest BCUT2D eigenvalue weighted by molar-refractivity contribution is -0.144. The molecule has 2 N–H and O–H groups in total. The van der Waals surface area contributed by atoms with Crippen molar-refractivity contribution in [1.29, 1.82) is 0 Å². The van der Waals surface area contributed by atoms with E-state index in [1.165, 1.54) is 4.90 Å². The maximum Gasteiger partial charge on any atom is 0.330 e. The smallest absolute Gasteiger partial charge is 0.330 e. The maximum absolute atomic E-state index is 13.7. The maximum atomic E-state index is 13.7.